The third kappa shape index (κ3) is 2.37. The van der Waals surface area contributed by atoms with Crippen molar-refractivity contribution < 1.29 is 9.84 Å². The molecule has 0 unspecified atom stereocenters. The van der Waals surface area contributed by atoms with E-state index in [1.165, 1.54) is 0 Å². The highest BCUT2D eigenvalue weighted by Crippen LogP contribution is 2.34. The first-order valence-corrected chi connectivity index (χ1v) is 5.63. The van der Waals surface area contributed by atoms with E-state index in [0.29, 0.717) is 5.02 Å². The van der Waals surface area contributed by atoms with Crippen molar-refractivity contribution in [3.63, 3.8) is 0 Å². The number of ether oxygens (including phenoxy) is 1. The fourth-order valence-corrected chi connectivity index (χ4v) is 1.90. The third-order valence-corrected chi connectivity index (χ3v) is 2.92. The summed E-state index contributed by atoms with van der Waals surface area (Å²) in [6.07, 6.45) is 0. The van der Waals surface area contributed by atoms with E-state index in [1.54, 1.807) is 19.2 Å². The molecule has 0 aliphatic rings. The standard InChI is InChI=1S/C14H13ClO2/c1-9-3-6-14(17-2)11(7-9)10-4-5-13(16)12(15)8-10/h3-8,16H,1-2H3. The van der Waals surface area contributed by atoms with Gasteiger partial charge in [-0.05, 0) is 36.8 Å². The van der Waals surface area contributed by atoms with Gasteiger partial charge in [0.1, 0.15) is 11.5 Å². The van der Waals surface area contributed by atoms with Crippen LogP contribution in [0.4, 0.5) is 0 Å². The van der Waals surface area contributed by atoms with Gasteiger partial charge in [-0.15, -0.1) is 0 Å². The van der Waals surface area contributed by atoms with E-state index in [9.17, 15) is 5.11 Å². The number of hydrogen-bond donors (Lipinski definition) is 1. The van der Waals surface area contributed by atoms with Gasteiger partial charge in [0, 0.05) is 5.56 Å². The fourth-order valence-electron chi connectivity index (χ4n) is 1.72. The van der Waals surface area contributed by atoms with E-state index in [0.717, 1.165) is 22.4 Å². The summed E-state index contributed by atoms with van der Waals surface area (Å²) in [5, 5.41) is 9.75. The molecule has 2 nitrogen and oxygen atoms in total. The zero-order chi connectivity index (χ0) is 12.4. The summed E-state index contributed by atoms with van der Waals surface area (Å²) in [6, 6.07) is 11.1. The lowest BCUT2D eigenvalue weighted by atomic mass is 10.0. The van der Waals surface area contributed by atoms with Gasteiger partial charge >= 0.3 is 0 Å². The molecule has 2 rings (SSSR count). The Hall–Kier alpha value is -1.67. The first kappa shape index (κ1) is 11.8. The number of hydrogen-bond acceptors (Lipinski definition) is 2. The Balaban J connectivity index is 2.58. The van der Waals surface area contributed by atoms with Gasteiger partial charge in [-0.1, -0.05) is 29.3 Å². The van der Waals surface area contributed by atoms with Crippen LogP contribution in [0, 0.1) is 6.92 Å². The van der Waals surface area contributed by atoms with Gasteiger partial charge in [-0.3, -0.25) is 0 Å². The fraction of sp³-hybridized carbons (Fsp3) is 0.143. The first-order valence-electron chi connectivity index (χ1n) is 5.25. The average Bonchev–Trinajstić information content (AvgIpc) is 2.32. The quantitative estimate of drug-likeness (QED) is 0.870. The summed E-state index contributed by atoms with van der Waals surface area (Å²) in [5.74, 6) is 0.874. The highest BCUT2D eigenvalue weighted by molar-refractivity contribution is 6.32. The van der Waals surface area contributed by atoms with Gasteiger partial charge in [0.05, 0.1) is 12.1 Å². The summed E-state index contributed by atoms with van der Waals surface area (Å²) in [6.45, 7) is 2.02. The second kappa shape index (κ2) is 4.68. The molecule has 17 heavy (non-hydrogen) atoms. The summed E-state index contributed by atoms with van der Waals surface area (Å²) in [4.78, 5) is 0. The predicted molar refractivity (Wildman–Crippen MR) is 69.8 cm³/mol. The lowest BCUT2D eigenvalue weighted by Crippen LogP contribution is -1.88. The van der Waals surface area contributed by atoms with Crippen molar-refractivity contribution in [3.8, 4) is 22.6 Å². The van der Waals surface area contributed by atoms with Crippen LogP contribution in [0.2, 0.25) is 5.02 Å². The molecule has 2 aromatic carbocycles. The zero-order valence-corrected chi connectivity index (χ0v) is 10.5. The molecule has 0 saturated heterocycles. The minimum Gasteiger partial charge on any atom is -0.506 e. The highest BCUT2D eigenvalue weighted by Gasteiger charge is 2.08. The Morgan fingerprint density at radius 2 is 1.88 bits per heavy atom. The molecule has 0 spiro atoms. The smallest absolute Gasteiger partial charge is 0.134 e. The maximum absolute atomic E-state index is 9.41. The molecule has 0 fully saturated rings. The second-order valence-electron chi connectivity index (χ2n) is 3.87. The lowest BCUT2D eigenvalue weighted by Gasteiger charge is -2.10. The Labute approximate surface area is 105 Å². The molecular formula is C14H13ClO2. The second-order valence-corrected chi connectivity index (χ2v) is 4.28. The number of halogens is 1. The molecule has 3 heteroatoms. The average molecular weight is 249 g/mol. The van der Waals surface area contributed by atoms with Crippen molar-refractivity contribution in [1.29, 1.82) is 0 Å². The van der Waals surface area contributed by atoms with Crippen molar-refractivity contribution >= 4 is 11.6 Å². The summed E-state index contributed by atoms with van der Waals surface area (Å²) in [7, 11) is 1.64. The molecule has 0 radical (unpaired) electrons. The summed E-state index contributed by atoms with van der Waals surface area (Å²) in [5.41, 5.74) is 3.03. The number of rotatable bonds is 2. The van der Waals surface area contributed by atoms with E-state index in [-0.39, 0.29) is 5.75 Å². The normalized spacial score (nSPS) is 10.3. The molecule has 0 aliphatic carbocycles. The van der Waals surface area contributed by atoms with Crippen molar-refractivity contribution in [2.24, 2.45) is 0 Å². The van der Waals surface area contributed by atoms with Gasteiger partial charge in [0.25, 0.3) is 0 Å². The number of methoxy groups -OCH3 is 1. The van der Waals surface area contributed by atoms with Crippen molar-refractivity contribution in [3.05, 3.63) is 47.0 Å². The van der Waals surface area contributed by atoms with Crippen molar-refractivity contribution in [1.82, 2.24) is 0 Å². The van der Waals surface area contributed by atoms with E-state index < -0.39 is 0 Å². The molecule has 0 aromatic heterocycles. The van der Waals surface area contributed by atoms with Gasteiger partial charge in [0.2, 0.25) is 0 Å². The van der Waals surface area contributed by atoms with Crippen LogP contribution in [-0.2, 0) is 0 Å². The van der Waals surface area contributed by atoms with Crippen molar-refractivity contribution in [2.75, 3.05) is 7.11 Å². The van der Waals surface area contributed by atoms with Gasteiger partial charge in [0.15, 0.2) is 0 Å². The Morgan fingerprint density at radius 3 is 2.53 bits per heavy atom. The van der Waals surface area contributed by atoms with Crippen LogP contribution >= 0.6 is 11.6 Å². The molecule has 0 saturated carbocycles. The molecular weight excluding hydrogens is 236 g/mol. The van der Waals surface area contributed by atoms with E-state index in [2.05, 4.69) is 0 Å². The highest BCUT2D eigenvalue weighted by atomic mass is 35.5. The van der Waals surface area contributed by atoms with Gasteiger partial charge < -0.3 is 9.84 Å². The monoisotopic (exact) mass is 248 g/mol. The number of aromatic hydroxyl groups is 1. The molecule has 0 bridgehead atoms. The van der Waals surface area contributed by atoms with Crippen LogP contribution in [0.3, 0.4) is 0 Å². The van der Waals surface area contributed by atoms with Crippen LogP contribution in [0.5, 0.6) is 11.5 Å². The molecule has 0 atom stereocenters. The molecule has 1 N–H and O–H groups in total. The molecule has 0 amide bonds. The number of phenolic OH excluding ortho intramolecular Hbond substituents is 1. The molecule has 2 aromatic rings. The van der Waals surface area contributed by atoms with Crippen LogP contribution in [0.25, 0.3) is 11.1 Å². The molecule has 0 aliphatic heterocycles. The minimum atomic E-state index is 0.0852. The molecule has 88 valence electrons. The third-order valence-electron chi connectivity index (χ3n) is 2.61. The van der Waals surface area contributed by atoms with Crippen molar-refractivity contribution in [2.45, 2.75) is 6.92 Å². The van der Waals surface area contributed by atoms with Crippen LogP contribution in [-0.4, -0.2) is 12.2 Å². The summed E-state index contributed by atoms with van der Waals surface area (Å²) >= 11 is 5.91. The van der Waals surface area contributed by atoms with E-state index >= 15 is 0 Å². The first-order chi connectivity index (χ1) is 8.11. The Morgan fingerprint density at radius 1 is 1.12 bits per heavy atom. The van der Waals surface area contributed by atoms with Crippen LogP contribution in [0.1, 0.15) is 5.56 Å². The largest absolute Gasteiger partial charge is 0.506 e. The predicted octanol–water partition coefficient (Wildman–Crippen LogP) is 4.03. The van der Waals surface area contributed by atoms with Crippen LogP contribution < -0.4 is 4.74 Å². The maximum Gasteiger partial charge on any atom is 0.134 e. The van der Waals surface area contributed by atoms with Gasteiger partial charge in [-0.25, -0.2) is 0 Å². The van der Waals surface area contributed by atoms with Crippen LogP contribution in [0.15, 0.2) is 36.4 Å². The van der Waals surface area contributed by atoms with E-state index in [4.69, 9.17) is 16.3 Å². The SMILES string of the molecule is COc1ccc(C)cc1-c1ccc(O)c(Cl)c1. The van der Waals surface area contributed by atoms with Gasteiger partial charge in [-0.2, -0.15) is 0 Å². The maximum atomic E-state index is 9.41. The minimum absolute atomic E-state index is 0.0852. The lowest BCUT2D eigenvalue weighted by molar-refractivity contribution is 0.416. The summed E-state index contributed by atoms with van der Waals surface area (Å²) < 4.78 is 5.32. The Kier molecular flexibility index (Phi) is 3.25. The zero-order valence-electron chi connectivity index (χ0n) is 9.70. The Bertz CT molecular complexity index is 550. The number of benzene rings is 2. The van der Waals surface area contributed by atoms with E-state index in [1.807, 2.05) is 31.2 Å². The topological polar surface area (TPSA) is 29.5 Å². The molecule has 0 heterocycles. The number of phenols is 1. The number of aryl methyl sites for hydroxylation is 1.